The first-order chi connectivity index (χ1) is 9.38. The molecule has 0 aliphatic carbocycles. The quantitative estimate of drug-likeness (QED) is 0.901. The Labute approximate surface area is 120 Å². The highest BCUT2D eigenvalue weighted by Gasteiger charge is 2.17. The van der Waals surface area contributed by atoms with Gasteiger partial charge in [-0.15, -0.1) is 0 Å². The molecule has 0 aromatic carbocycles. The maximum absolute atomic E-state index is 12.3. The average Bonchev–Trinajstić information content (AvgIpc) is 2.79. The molecule has 20 heavy (non-hydrogen) atoms. The lowest BCUT2D eigenvalue weighted by molar-refractivity contribution is 0.703. The van der Waals surface area contributed by atoms with Gasteiger partial charge in [0.05, 0.1) is 0 Å². The molecule has 0 aliphatic rings. The third-order valence-corrected chi connectivity index (χ3v) is 3.28. The zero-order valence-corrected chi connectivity index (χ0v) is 12.5. The maximum Gasteiger partial charge on any atom is 0.332 e. The van der Waals surface area contributed by atoms with Gasteiger partial charge in [0.1, 0.15) is 0 Å². The van der Waals surface area contributed by atoms with Crippen LogP contribution in [0.15, 0.2) is 20.7 Å². The topological polar surface area (TPSA) is 73.8 Å². The molecule has 0 fully saturated rings. The van der Waals surface area contributed by atoms with Gasteiger partial charge >= 0.3 is 5.69 Å². The number of hydrogen-bond donors (Lipinski definition) is 1. The molecule has 0 unspecified atom stereocenters. The number of anilines is 1. The molecule has 108 valence electrons. The Morgan fingerprint density at radius 1 is 1.35 bits per heavy atom. The van der Waals surface area contributed by atoms with Crippen LogP contribution in [0.4, 0.5) is 5.95 Å². The summed E-state index contributed by atoms with van der Waals surface area (Å²) in [5, 5.41) is 3.54. The molecule has 0 saturated carbocycles. The first kappa shape index (κ1) is 14.4. The van der Waals surface area contributed by atoms with Crippen molar-refractivity contribution in [1.29, 1.82) is 0 Å². The van der Waals surface area contributed by atoms with Crippen molar-refractivity contribution >= 4 is 28.7 Å². The third-order valence-electron chi connectivity index (χ3n) is 3.13. The van der Waals surface area contributed by atoms with E-state index in [2.05, 4.69) is 10.3 Å². The molecule has 0 spiro atoms. The molecule has 2 aromatic rings. The molecule has 0 saturated heterocycles. The molecule has 7 nitrogen and oxygen atoms in total. The molecule has 2 aromatic heterocycles. The third kappa shape index (κ3) is 2.14. The van der Waals surface area contributed by atoms with Crippen LogP contribution < -0.4 is 16.6 Å². The van der Waals surface area contributed by atoms with E-state index in [1.165, 1.54) is 11.6 Å². The fraction of sp³-hybridized carbons (Fsp3) is 0.417. The number of imidazole rings is 1. The molecular formula is C12H16ClN5O2. The van der Waals surface area contributed by atoms with Crippen LogP contribution in [0.25, 0.3) is 11.2 Å². The van der Waals surface area contributed by atoms with Gasteiger partial charge in [-0.3, -0.25) is 13.9 Å². The van der Waals surface area contributed by atoms with Gasteiger partial charge in [-0.05, 0) is 6.92 Å². The van der Waals surface area contributed by atoms with Crippen molar-refractivity contribution in [1.82, 2.24) is 18.7 Å². The maximum atomic E-state index is 12.3. The van der Waals surface area contributed by atoms with Crippen LogP contribution in [-0.4, -0.2) is 25.7 Å². The van der Waals surface area contributed by atoms with Crippen LogP contribution in [0, 0.1) is 0 Å². The number of rotatable bonds is 3. The van der Waals surface area contributed by atoms with Crippen molar-refractivity contribution in [3.05, 3.63) is 31.9 Å². The Morgan fingerprint density at radius 3 is 2.55 bits per heavy atom. The van der Waals surface area contributed by atoms with Crippen molar-refractivity contribution in [2.75, 3.05) is 12.4 Å². The summed E-state index contributed by atoms with van der Waals surface area (Å²) in [4.78, 5) is 28.5. The fourth-order valence-electron chi connectivity index (χ4n) is 2.03. The van der Waals surface area contributed by atoms with Crippen LogP contribution in [0.2, 0.25) is 0 Å². The van der Waals surface area contributed by atoms with Gasteiger partial charge in [0, 0.05) is 32.7 Å². The first-order valence-electron chi connectivity index (χ1n) is 6.04. The Hall–Kier alpha value is -2.02. The number of nitrogens with one attached hydrogen (secondary N) is 1. The smallest absolute Gasteiger partial charge is 0.332 e. The number of allylic oxidation sites excluding steroid dienone is 2. The molecule has 2 rings (SSSR count). The van der Waals surface area contributed by atoms with Gasteiger partial charge < -0.3 is 9.88 Å². The van der Waals surface area contributed by atoms with E-state index < -0.39 is 5.69 Å². The average molecular weight is 298 g/mol. The lowest BCUT2D eigenvalue weighted by Gasteiger charge is -2.06. The zero-order chi connectivity index (χ0) is 15.0. The van der Waals surface area contributed by atoms with Gasteiger partial charge in [0.15, 0.2) is 11.2 Å². The Balaban J connectivity index is 2.89. The normalized spacial score (nSPS) is 12.2. The Morgan fingerprint density at radius 2 is 2.00 bits per heavy atom. The van der Waals surface area contributed by atoms with Crippen LogP contribution >= 0.6 is 11.6 Å². The molecule has 1 N–H and O–H groups in total. The SMILES string of the molecule is CNc1nc2c(c(=O)n(C)c(=O)n2C)n1C/C=C(/C)Cl. The van der Waals surface area contributed by atoms with Gasteiger partial charge in [-0.1, -0.05) is 17.7 Å². The second-order valence-electron chi connectivity index (χ2n) is 4.46. The molecule has 0 bridgehead atoms. The predicted molar refractivity (Wildman–Crippen MR) is 79.4 cm³/mol. The van der Waals surface area contributed by atoms with Gasteiger partial charge in [0.2, 0.25) is 5.95 Å². The van der Waals surface area contributed by atoms with E-state index >= 15 is 0 Å². The highest BCUT2D eigenvalue weighted by atomic mass is 35.5. The Kier molecular flexibility index (Phi) is 3.71. The first-order valence-corrected chi connectivity index (χ1v) is 6.42. The summed E-state index contributed by atoms with van der Waals surface area (Å²) in [6.45, 7) is 2.16. The van der Waals surface area contributed by atoms with E-state index in [9.17, 15) is 9.59 Å². The summed E-state index contributed by atoms with van der Waals surface area (Å²) in [5.41, 5.74) is -0.0622. The number of fused-ring (bicyclic) bond motifs is 1. The minimum Gasteiger partial charge on any atom is -0.359 e. The van der Waals surface area contributed by atoms with Crippen molar-refractivity contribution in [2.45, 2.75) is 13.5 Å². The summed E-state index contributed by atoms with van der Waals surface area (Å²) in [6.07, 6.45) is 1.77. The van der Waals surface area contributed by atoms with Crippen molar-refractivity contribution < 1.29 is 0 Å². The van der Waals surface area contributed by atoms with Crippen molar-refractivity contribution in [3.63, 3.8) is 0 Å². The fourth-order valence-corrected chi connectivity index (χ4v) is 2.10. The predicted octanol–water partition coefficient (Wildman–Crippen LogP) is 0.618. The van der Waals surface area contributed by atoms with Gasteiger partial charge in [-0.25, -0.2) is 4.79 Å². The minimum absolute atomic E-state index is 0.350. The molecule has 8 heteroatoms. The van der Waals surface area contributed by atoms with Crippen molar-refractivity contribution in [2.24, 2.45) is 14.1 Å². The second-order valence-corrected chi connectivity index (χ2v) is 5.06. The van der Waals surface area contributed by atoms with Gasteiger partial charge in [0.25, 0.3) is 5.56 Å². The van der Waals surface area contributed by atoms with Crippen LogP contribution in [0.5, 0.6) is 0 Å². The van der Waals surface area contributed by atoms with Crippen LogP contribution in [-0.2, 0) is 20.6 Å². The van der Waals surface area contributed by atoms with Crippen molar-refractivity contribution in [3.8, 4) is 0 Å². The van der Waals surface area contributed by atoms with Crippen LogP contribution in [0.1, 0.15) is 6.92 Å². The van der Waals surface area contributed by atoms with E-state index in [-0.39, 0.29) is 5.56 Å². The lowest BCUT2D eigenvalue weighted by atomic mass is 10.4. The molecule has 0 atom stereocenters. The highest BCUT2D eigenvalue weighted by molar-refractivity contribution is 6.29. The monoisotopic (exact) mass is 297 g/mol. The molecule has 0 amide bonds. The van der Waals surface area contributed by atoms with E-state index in [1.807, 2.05) is 0 Å². The summed E-state index contributed by atoms with van der Waals surface area (Å²) < 4.78 is 4.12. The van der Waals surface area contributed by atoms with E-state index in [1.54, 1.807) is 31.7 Å². The van der Waals surface area contributed by atoms with E-state index in [0.717, 1.165) is 4.57 Å². The largest absolute Gasteiger partial charge is 0.359 e. The van der Waals surface area contributed by atoms with Crippen LogP contribution in [0.3, 0.4) is 0 Å². The summed E-state index contributed by atoms with van der Waals surface area (Å²) in [5.74, 6) is 0.507. The summed E-state index contributed by atoms with van der Waals surface area (Å²) >= 11 is 5.84. The number of hydrogen-bond acceptors (Lipinski definition) is 4. The summed E-state index contributed by atoms with van der Waals surface area (Å²) in [7, 11) is 4.74. The Bertz CT molecular complexity index is 808. The molecule has 2 heterocycles. The van der Waals surface area contributed by atoms with Gasteiger partial charge in [-0.2, -0.15) is 4.98 Å². The van der Waals surface area contributed by atoms with E-state index in [4.69, 9.17) is 11.6 Å². The number of aryl methyl sites for hydroxylation is 1. The summed E-state index contributed by atoms with van der Waals surface area (Å²) in [6, 6.07) is 0. The highest BCUT2D eigenvalue weighted by Crippen LogP contribution is 2.15. The standard InChI is InChI=1S/C12H16ClN5O2/c1-7(13)5-6-18-8-9(15-11(18)14-2)16(3)12(20)17(4)10(8)19/h5H,6H2,1-4H3,(H,14,15)/b7-5-. The lowest BCUT2D eigenvalue weighted by Crippen LogP contribution is -2.37. The molecular weight excluding hydrogens is 282 g/mol. The molecule has 0 radical (unpaired) electrons. The minimum atomic E-state index is -0.404. The second kappa shape index (κ2) is 5.16. The number of nitrogens with zero attached hydrogens (tertiary/aromatic N) is 4. The zero-order valence-electron chi connectivity index (χ0n) is 11.8. The number of aromatic nitrogens is 4. The number of halogens is 1. The molecule has 0 aliphatic heterocycles. The van der Waals surface area contributed by atoms with E-state index in [0.29, 0.717) is 28.7 Å².